The molecule has 256 valence electrons. The molecule has 0 fully saturated rings. The molecule has 0 N–H and O–H groups in total. The summed E-state index contributed by atoms with van der Waals surface area (Å²) in [5, 5.41) is 4.08. The number of ether oxygens (including phenoxy) is 2. The van der Waals surface area contributed by atoms with Crippen LogP contribution in [0.3, 0.4) is 0 Å². The van der Waals surface area contributed by atoms with E-state index in [4.69, 9.17) is 18.4 Å². The first-order valence-corrected chi connectivity index (χ1v) is 19.9. The third-order valence-corrected chi connectivity index (χ3v) is 14.6. The second-order valence-electron chi connectivity index (χ2n) is 14.5. The van der Waals surface area contributed by atoms with Gasteiger partial charge in [-0.25, -0.2) is 0 Å². The lowest BCUT2D eigenvalue weighted by Crippen LogP contribution is -2.66. The molecule has 0 bridgehead atoms. The molecule has 0 amide bonds. The Morgan fingerprint density at radius 1 is 0.878 bits per heavy atom. The van der Waals surface area contributed by atoms with Gasteiger partial charge in [0.25, 0.3) is 5.88 Å². The van der Waals surface area contributed by atoms with Crippen LogP contribution < -0.4 is 4.74 Å². The Balaban J connectivity index is 1.44. The van der Waals surface area contributed by atoms with Crippen LogP contribution in [0.1, 0.15) is 66.0 Å². The highest BCUT2D eigenvalue weighted by molar-refractivity contribution is 6.74. The number of benzene rings is 3. The van der Waals surface area contributed by atoms with E-state index in [1.54, 1.807) is 0 Å². The van der Waals surface area contributed by atoms with Gasteiger partial charge in [-0.2, -0.15) is 0 Å². The normalized spacial score (nSPS) is 20.7. The molecule has 0 saturated carbocycles. The van der Waals surface area contributed by atoms with E-state index < -0.39 is 31.7 Å². The fourth-order valence-corrected chi connectivity index (χ4v) is 8.00. The van der Waals surface area contributed by atoms with Crippen LogP contribution in [0, 0.1) is 5.92 Å². The van der Waals surface area contributed by atoms with Gasteiger partial charge in [-0.3, -0.25) is 14.5 Å². The monoisotopic (exact) mass is 678 g/mol. The number of aromatic nitrogens is 1. The fourth-order valence-electron chi connectivity index (χ4n) is 6.55. The molecule has 49 heavy (non-hydrogen) atoms. The lowest BCUT2D eigenvalue weighted by atomic mass is 9.65. The fraction of sp³-hybridized carbons (Fsp3) is 0.375. The SMILES string of the molecule is CC(C)(C)[Si](C)(C)O[C@]12C(=O)C=CC[C@H]1[C@H](N(CCOCc1ccccc1)Cc1ccccc1)c1onc(OCc3ccccc3)c1C2=O. The molecule has 8 nitrogen and oxygen atoms in total. The van der Waals surface area contributed by atoms with Crippen molar-refractivity contribution in [3.05, 3.63) is 131 Å². The molecular formula is C40H46N2O6Si. The van der Waals surface area contributed by atoms with Crippen molar-refractivity contribution in [3.8, 4) is 5.88 Å². The number of Topliss-reactive ketones (excluding diaryl/α,β-unsaturated/α-hetero) is 1. The minimum atomic E-state index is -2.70. The van der Waals surface area contributed by atoms with Crippen LogP contribution in [-0.2, 0) is 33.7 Å². The van der Waals surface area contributed by atoms with E-state index in [1.165, 1.54) is 6.08 Å². The van der Waals surface area contributed by atoms with Crippen LogP contribution in [0.25, 0.3) is 0 Å². The highest BCUT2D eigenvalue weighted by atomic mass is 28.4. The van der Waals surface area contributed by atoms with E-state index in [1.807, 2.05) is 84.9 Å². The molecule has 0 aliphatic heterocycles. The molecule has 2 aliphatic rings. The number of ketones is 2. The number of hydrogen-bond donors (Lipinski definition) is 0. The lowest BCUT2D eigenvalue weighted by molar-refractivity contribution is -0.136. The van der Waals surface area contributed by atoms with Gasteiger partial charge < -0.3 is 18.4 Å². The number of hydrogen-bond acceptors (Lipinski definition) is 8. The third kappa shape index (κ3) is 7.12. The Morgan fingerprint density at radius 2 is 1.47 bits per heavy atom. The molecule has 9 heteroatoms. The summed E-state index contributed by atoms with van der Waals surface area (Å²) in [6.07, 6.45) is 3.83. The molecule has 3 atom stereocenters. The van der Waals surface area contributed by atoms with Gasteiger partial charge in [0.1, 0.15) is 12.2 Å². The Labute approximate surface area is 290 Å². The zero-order valence-electron chi connectivity index (χ0n) is 29.1. The number of carbonyl (C=O) groups excluding carboxylic acids is 2. The molecule has 4 aromatic rings. The molecule has 3 aromatic carbocycles. The van der Waals surface area contributed by atoms with Crippen LogP contribution >= 0.6 is 0 Å². The summed E-state index contributed by atoms with van der Waals surface area (Å²) < 4.78 is 25.7. The summed E-state index contributed by atoms with van der Waals surface area (Å²) in [6, 6.07) is 29.4. The van der Waals surface area contributed by atoms with E-state index in [0.717, 1.165) is 16.7 Å². The van der Waals surface area contributed by atoms with E-state index >= 15 is 4.79 Å². The molecule has 1 aromatic heterocycles. The minimum Gasteiger partial charge on any atom is -0.470 e. The van der Waals surface area contributed by atoms with Crippen molar-refractivity contribution < 1.29 is 28.0 Å². The summed E-state index contributed by atoms with van der Waals surface area (Å²) in [6.45, 7) is 12.6. The average Bonchev–Trinajstić information content (AvgIpc) is 3.51. The van der Waals surface area contributed by atoms with Gasteiger partial charge in [0, 0.05) is 19.0 Å². The molecule has 6 rings (SSSR count). The zero-order valence-corrected chi connectivity index (χ0v) is 30.1. The average molecular weight is 679 g/mol. The molecule has 0 radical (unpaired) electrons. The van der Waals surface area contributed by atoms with Crippen molar-refractivity contribution in [2.45, 2.75) is 76.7 Å². The molecule has 0 saturated heterocycles. The zero-order chi connectivity index (χ0) is 34.6. The second kappa shape index (κ2) is 14.4. The van der Waals surface area contributed by atoms with Crippen LogP contribution in [0.2, 0.25) is 18.1 Å². The maximum absolute atomic E-state index is 15.0. The summed E-state index contributed by atoms with van der Waals surface area (Å²) in [4.78, 5) is 31.7. The van der Waals surface area contributed by atoms with Gasteiger partial charge >= 0.3 is 0 Å². The quantitative estimate of drug-likeness (QED) is 0.0796. The Bertz CT molecular complexity index is 1770. The van der Waals surface area contributed by atoms with Crippen molar-refractivity contribution >= 4 is 19.9 Å². The van der Waals surface area contributed by atoms with Gasteiger partial charge in [0.15, 0.2) is 25.5 Å². The molecule has 0 unspecified atom stereocenters. The summed E-state index contributed by atoms with van der Waals surface area (Å²) in [5.74, 6) is -0.869. The number of fused-ring (bicyclic) bond motifs is 2. The van der Waals surface area contributed by atoms with E-state index in [-0.39, 0.29) is 28.9 Å². The standard InChI is InChI=1S/C40H46N2O6Si/c1-39(2,3)49(4,5)48-40-32(22-15-23-33(40)43)35(36-34(37(40)44)38(41-47-36)46-28-31-20-13-8-14-21-31)42(26-29-16-9-6-10-17-29)24-25-45-27-30-18-11-7-12-19-30/h6-21,23,32,35H,22,24-28H2,1-5H3/t32-,35-,40-/m0/s1. The maximum atomic E-state index is 15.0. The predicted molar refractivity (Wildman–Crippen MR) is 191 cm³/mol. The lowest BCUT2D eigenvalue weighted by Gasteiger charge is -2.52. The number of nitrogens with zero attached hydrogens (tertiary/aromatic N) is 2. The van der Waals surface area contributed by atoms with E-state index in [0.29, 0.717) is 38.5 Å². The molecular weight excluding hydrogens is 633 g/mol. The van der Waals surface area contributed by atoms with Crippen LogP contribution in [0.15, 0.2) is 108 Å². The van der Waals surface area contributed by atoms with Crippen LogP contribution in [0.4, 0.5) is 0 Å². The Morgan fingerprint density at radius 3 is 2.08 bits per heavy atom. The number of carbonyl (C=O) groups is 2. The van der Waals surface area contributed by atoms with Gasteiger partial charge in [-0.15, -0.1) is 0 Å². The first-order chi connectivity index (χ1) is 23.5. The summed E-state index contributed by atoms with van der Waals surface area (Å²) in [7, 11) is -2.70. The largest absolute Gasteiger partial charge is 0.470 e. The molecule has 0 spiro atoms. The van der Waals surface area contributed by atoms with Crippen LogP contribution in [-0.4, -0.2) is 48.7 Å². The van der Waals surface area contributed by atoms with Gasteiger partial charge in [-0.05, 0) is 52.5 Å². The first kappa shape index (κ1) is 34.7. The van der Waals surface area contributed by atoms with Crippen LogP contribution in [0.5, 0.6) is 5.88 Å². The summed E-state index contributed by atoms with van der Waals surface area (Å²) in [5.41, 5.74) is 1.51. The minimum absolute atomic E-state index is 0.0767. The maximum Gasteiger partial charge on any atom is 0.265 e. The number of allylic oxidation sites excluding steroid dienone is 1. The van der Waals surface area contributed by atoms with Gasteiger partial charge in [0.05, 0.1) is 19.3 Å². The second-order valence-corrected chi connectivity index (χ2v) is 19.2. The smallest absolute Gasteiger partial charge is 0.265 e. The Hall–Kier alpha value is -4.15. The van der Waals surface area contributed by atoms with Crippen molar-refractivity contribution in [2.75, 3.05) is 13.2 Å². The van der Waals surface area contributed by atoms with Crippen molar-refractivity contribution in [1.82, 2.24) is 10.1 Å². The van der Waals surface area contributed by atoms with Crippen molar-refractivity contribution in [3.63, 3.8) is 0 Å². The predicted octanol–water partition coefficient (Wildman–Crippen LogP) is 8.12. The topological polar surface area (TPSA) is 91.1 Å². The Kier molecular flexibility index (Phi) is 10.2. The molecule has 2 aliphatic carbocycles. The highest BCUT2D eigenvalue weighted by Gasteiger charge is 2.65. The molecule has 1 heterocycles. The van der Waals surface area contributed by atoms with E-state index in [2.05, 4.69) is 56.1 Å². The van der Waals surface area contributed by atoms with Gasteiger partial charge in [-0.1, -0.05) is 118 Å². The number of rotatable bonds is 13. The summed E-state index contributed by atoms with van der Waals surface area (Å²) >= 11 is 0. The first-order valence-electron chi connectivity index (χ1n) is 17.0. The van der Waals surface area contributed by atoms with E-state index in [9.17, 15) is 4.79 Å². The van der Waals surface area contributed by atoms with Crippen molar-refractivity contribution in [2.24, 2.45) is 5.92 Å². The van der Waals surface area contributed by atoms with Gasteiger partial charge in [0.2, 0.25) is 5.78 Å². The third-order valence-electron chi connectivity index (χ3n) is 10.1. The van der Waals surface area contributed by atoms with Crippen molar-refractivity contribution in [1.29, 1.82) is 0 Å². The highest BCUT2D eigenvalue weighted by Crippen LogP contribution is 2.54.